The van der Waals surface area contributed by atoms with Crippen molar-refractivity contribution in [2.45, 2.75) is 31.6 Å². The highest BCUT2D eigenvalue weighted by Crippen LogP contribution is 2.64. The Hall–Kier alpha value is -6.64. The average Bonchev–Trinajstić information content (AvgIpc) is 3.83. The van der Waals surface area contributed by atoms with Crippen molar-refractivity contribution in [3.8, 4) is 27.9 Å². The fourth-order valence-electron chi connectivity index (χ4n) is 10.8. The van der Waals surface area contributed by atoms with E-state index < -0.39 is 5.41 Å². The zero-order valence-corrected chi connectivity index (χ0v) is 31.1. The second-order valence-electron chi connectivity index (χ2n) is 16.1. The Kier molecular flexibility index (Phi) is 6.01. The molecule has 1 spiro atoms. The van der Waals surface area contributed by atoms with Gasteiger partial charge in [-0.05, 0) is 106 Å². The minimum absolute atomic E-state index is 0.231. The van der Waals surface area contributed by atoms with Crippen molar-refractivity contribution >= 4 is 38.9 Å². The van der Waals surface area contributed by atoms with Crippen LogP contribution >= 0.6 is 0 Å². The van der Waals surface area contributed by atoms with Crippen LogP contribution in [0.3, 0.4) is 0 Å². The van der Waals surface area contributed by atoms with Crippen LogP contribution in [0.4, 0.5) is 17.1 Å². The van der Waals surface area contributed by atoms with Crippen molar-refractivity contribution in [2.75, 3.05) is 4.90 Å². The van der Waals surface area contributed by atoms with Crippen molar-refractivity contribution in [3.05, 3.63) is 215 Å². The van der Waals surface area contributed by atoms with Crippen molar-refractivity contribution in [1.29, 1.82) is 0 Å². The summed E-state index contributed by atoms with van der Waals surface area (Å²) in [5, 5.41) is 2.58. The SMILES string of the molecule is Cc1ccc2c(c1)c1ccc3c(c1n2-c1ccc2c(c1)C(C)(C)c1ccccc1N2c1ccccc1)C1(c2ccccc2-c2ccccc21)c1ccccc1-3. The van der Waals surface area contributed by atoms with E-state index in [4.69, 9.17) is 0 Å². The Morgan fingerprint density at radius 2 is 1.00 bits per heavy atom. The summed E-state index contributed by atoms with van der Waals surface area (Å²) in [6.45, 7) is 7.00. The molecule has 0 atom stereocenters. The molecule has 0 N–H and O–H groups in total. The van der Waals surface area contributed by atoms with E-state index >= 15 is 0 Å². The quantitative estimate of drug-likeness (QED) is 0.174. The van der Waals surface area contributed by atoms with E-state index in [1.54, 1.807) is 0 Å². The van der Waals surface area contributed by atoms with Gasteiger partial charge in [-0.25, -0.2) is 0 Å². The third-order valence-electron chi connectivity index (χ3n) is 13.0. The Labute approximate surface area is 321 Å². The molecule has 0 fully saturated rings. The van der Waals surface area contributed by atoms with Crippen LogP contribution in [0.15, 0.2) is 176 Å². The normalized spacial score (nSPS) is 15.1. The lowest BCUT2D eigenvalue weighted by atomic mass is 9.70. The van der Waals surface area contributed by atoms with Gasteiger partial charge in [0.25, 0.3) is 0 Å². The molecule has 0 saturated carbocycles. The van der Waals surface area contributed by atoms with Gasteiger partial charge in [0.2, 0.25) is 0 Å². The first-order valence-corrected chi connectivity index (χ1v) is 19.4. The molecule has 0 bridgehead atoms. The van der Waals surface area contributed by atoms with E-state index in [9.17, 15) is 0 Å². The highest BCUT2D eigenvalue weighted by atomic mass is 15.2. The summed E-state index contributed by atoms with van der Waals surface area (Å²) in [6, 6.07) is 66.2. The Balaban J connectivity index is 1.23. The van der Waals surface area contributed by atoms with Gasteiger partial charge in [0.05, 0.1) is 27.8 Å². The molecule has 0 radical (unpaired) electrons. The predicted molar refractivity (Wildman–Crippen MR) is 229 cm³/mol. The van der Waals surface area contributed by atoms with E-state index in [0.29, 0.717) is 0 Å². The lowest BCUT2D eigenvalue weighted by Gasteiger charge is -2.42. The highest BCUT2D eigenvalue weighted by molar-refractivity contribution is 6.15. The maximum absolute atomic E-state index is 2.60. The molecule has 3 aliphatic rings. The third-order valence-corrected chi connectivity index (χ3v) is 13.0. The average molecular weight is 703 g/mol. The van der Waals surface area contributed by atoms with Crippen LogP contribution in [0.2, 0.25) is 0 Å². The second-order valence-corrected chi connectivity index (χ2v) is 16.1. The molecule has 0 amide bonds. The largest absolute Gasteiger partial charge is 0.310 e. The standard InChI is InChI=1S/C53H38N2/c1-33-25-29-47-41(31-33)40-28-27-39-38-19-9-12-22-44(38)53(42-20-10-7-17-36(42)37-18-8-11-21-43(37)53)50(39)51(40)55(47)35-26-30-49-46(32-35)52(2,3)45-23-13-14-24-48(45)54(49)34-15-5-4-6-16-34/h4-32H,1-3H3. The molecule has 2 aliphatic carbocycles. The van der Waals surface area contributed by atoms with Gasteiger partial charge in [0, 0.05) is 33.1 Å². The van der Waals surface area contributed by atoms with Gasteiger partial charge < -0.3 is 9.47 Å². The van der Waals surface area contributed by atoms with E-state index in [1.165, 1.54) is 106 Å². The molecule has 2 nitrogen and oxygen atoms in total. The summed E-state index contributed by atoms with van der Waals surface area (Å²) < 4.78 is 2.60. The number of aryl methyl sites for hydroxylation is 1. The fourth-order valence-corrected chi connectivity index (χ4v) is 10.8. The number of hydrogen-bond donors (Lipinski definition) is 0. The van der Waals surface area contributed by atoms with Crippen LogP contribution in [0.1, 0.15) is 52.8 Å². The van der Waals surface area contributed by atoms with Crippen molar-refractivity contribution in [1.82, 2.24) is 4.57 Å². The Bertz CT molecular complexity index is 3020. The van der Waals surface area contributed by atoms with Crippen LogP contribution in [0.25, 0.3) is 49.7 Å². The molecule has 12 rings (SSSR count). The van der Waals surface area contributed by atoms with Gasteiger partial charge in [-0.3, -0.25) is 0 Å². The summed E-state index contributed by atoms with van der Waals surface area (Å²) in [5.41, 5.74) is 21.3. The van der Waals surface area contributed by atoms with E-state index in [2.05, 4.69) is 206 Å². The summed E-state index contributed by atoms with van der Waals surface area (Å²) in [7, 11) is 0. The molecule has 9 aromatic rings. The van der Waals surface area contributed by atoms with Crippen LogP contribution in [0.5, 0.6) is 0 Å². The first-order chi connectivity index (χ1) is 27.0. The number of fused-ring (bicyclic) bond motifs is 16. The molecule has 1 aromatic heterocycles. The third kappa shape index (κ3) is 3.79. The van der Waals surface area contributed by atoms with Gasteiger partial charge in [-0.15, -0.1) is 0 Å². The van der Waals surface area contributed by atoms with Crippen LogP contribution in [0, 0.1) is 6.92 Å². The molecule has 55 heavy (non-hydrogen) atoms. The lowest BCUT2D eigenvalue weighted by molar-refractivity contribution is 0.631. The van der Waals surface area contributed by atoms with E-state index in [0.717, 1.165) is 0 Å². The lowest BCUT2D eigenvalue weighted by Crippen LogP contribution is -2.30. The van der Waals surface area contributed by atoms with Crippen molar-refractivity contribution in [3.63, 3.8) is 0 Å². The summed E-state index contributed by atoms with van der Waals surface area (Å²) in [5.74, 6) is 0. The van der Waals surface area contributed by atoms with Crippen LogP contribution in [-0.2, 0) is 10.8 Å². The highest BCUT2D eigenvalue weighted by Gasteiger charge is 2.53. The van der Waals surface area contributed by atoms with Crippen LogP contribution < -0.4 is 4.90 Å². The fraction of sp³-hybridized carbons (Fsp3) is 0.0943. The number of para-hydroxylation sites is 2. The first-order valence-electron chi connectivity index (χ1n) is 19.4. The smallest absolute Gasteiger partial charge is 0.0746 e. The van der Waals surface area contributed by atoms with Gasteiger partial charge in [0.15, 0.2) is 0 Å². The maximum Gasteiger partial charge on any atom is 0.0746 e. The zero-order valence-electron chi connectivity index (χ0n) is 31.1. The monoisotopic (exact) mass is 702 g/mol. The topological polar surface area (TPSA) is 8.17 Å². The number of benzene rings is 8. The molecule has 1 aliphatic heterocycles. The maximum atomic E-state index is 2.60. The number of anilines is 3. The summed E-state index contributed by atoms with van der Waals surface area (Å²) in [6.07, 6.45) is 0. The molecule has 8 aromatic carbocycles. The van der Waals surface area contributed by atoms with Crippen molar-refractivity contribution < 1.29 is 0 Å². The number of nitrogens with zero attached hydrogens (tertiary/aromatic N) is 2. The molecular weight excluding hydrogens is 665 g/mol. The van der Waals surface area contributed by atoms with E-state index in [1.807, 2.05) is 0 Å². The number of hydrogen-bond acceptors (Lipinski definition) is 1. The second kappa shape index (κ2) is 10.7. The molecular formula is C53H38N2. The summed E-state index contributed by atoms with van der Waals surface area (Å²) in [4.78, 5) is 2.45. The predicted octanol–water partition coefficient (Wildman–Crippen LogP) is 13.5. The molecule has 260 valence electrons. The summed E-state index contributed by atoms with van der Waals surface area (Å²) >= 11 is 0. The van der Waals surface area contributed by atoms with Crippen molar-refractivity contribution in [2.24, 2.45) is 0 Å². The Morgan fingerprint density at radius 3 is 1.69 bits per heavy atom. The first kappa shape index (κ1) is 30.8. The minimum Gasteiger partial charge on any atom is -0.310 e. The molecule has 2 heterocycles. The van der Waals surface area contributed by atoms with Crippen LogP contribution in [-0.4, -0.2) is 4.57 Å². The van der Waals surface area contributed by atoms with Gasteiger partial charge in [-0.1, -0.05) is 147 Å². The van der Waals surface area contributed by atoms with Gasteiger partial charge in [-0.2, -0.15) is 0 Å². The molecule has 0 saturated heterocycles. The molecule has 0 unspecified atom stereocenters. The van der Waals surface area contributed by atoms with Gasteiger partial charge in [0.1, 0.15) is 0 Å². The zero-order chi connectivity index (χ0) is 36.6. The van der Waals surface area contributed by atoms with Gasteiger partial charge >= 0.3 is 0 Å². The number of aromatic nitrogens is 1. The minimum atomic E-state index is -0.462. The Morgan fingerprint density at radius 1 is 0.418 bits per heavy atom. The number of rotatable bonds is 2. The van der Waals surface area contributed by atoms with E-state index in [-0.39, 0.29) is 5.41 Å². The molecule has 2 heteroatoms.